The lowest BCUT2D eigenvalue weighted by Gasteiger charge is -2.22. The Balaban J connectivity index is 1.51. The van der Waals surface area contributed by atoms with Gasteiger partial charge >= 0.3 is 0 Å². The fourth-order valence-electron chi connectivity index (χ4n) is 3.32. The predicted molar refractivity (Wildman–Crippen MR) is 101 cm³/mol. The van der Waals surface area contributed by atoms with Gasteiger partial charge in [0, 0.05) is 44.2 Å². The molecule has 2 aromatic rings. The molecule has 1 aromatic carbocycles. The summed E-state index contributed by atoms with van der Waals surface area (Å²) in [7, 11) is 0. The van der Waals surface area contributed by atoms with Crippen molar-refractivity contribution in [3.05, 3.63) is 66.0 Å². The van der Waals surface area contributed by atoms with Crippen LogP contribution in [0.25, 0.3) is 0 Å². The average Bonchev–Trinajstić information content (AvgIpc) is 2.91. The molecule has 2 heterocycles. The molecule has 1 N–H and O–H groups in total. The minimum Gasteiger partial charge on any atom is -0.356 e. The first-order valence-corrected chi connectivity index (χ1v) is 9.07. The Morgan fingerprint density at radius 3 is 2.59 bits per heavy atom. The van der Waals surface area contributed by atoms with Gasteiger partial charge in [0.05, 0.1) is 5.41 Å². The summed E-state index contributed by atoms with van der Waals surface area (Å²) in [4.78, 5) is 42.6. The largest absolute Gasteiger partial charge is 0.356 e. The number of carbonyl (C=O) groups is 3. The second kappa shape index (κ2) is 8.12. The molecule has 6 heteroatoms. The number of nitrogens with zero attached hydrogens (tertiary/aromatic N) is 2. The first-order chi connectivity index (χ1) is 13.0. The van der Waals surface area contributed by atoms with Crippen LogP contribution >= 0.6 is 0 Å². The molecule has 0 aliphatic carbocycles. The number of hydrogen-bond acceptors (Lipinski definition) is 4. The molecule has 3 rings (SSSR count). The maximum Gasteiger partial charge on any atom is 0.240 e. The van der Waals surface area contributed by atoms with Crippen LogP contribution in [0.1, 0.15) is 31.0 Å². The Bertz CT molecular complexity index is 823. The number of amides is 3. The SMILES string of the molecule is CC1(c2ccccc2)CC(=O)N(CCC(=O)NCCc2ccccn2)C1=O. The van der Waals surface area contributed by atoms with Gasteiger partial charge in [0.2, 0.25) is 17.7 Å². The molecule has 1 aromatic heterocycles. The zero-order chi connectivity index (χ0) is 19.3. The molecule has 1 aliphatic rings. The highest BCUT2D eigenvalue weighted by Crippen LogP contribution is 2.36. The standard InChI is InChI=1S/C21H23N3O3/c1-21(16-7-3-2-4-8-16)15-19(26)24(20(21)27)14-11-18(25)23-13-10-17-9-5-6-12-22-17/h2-9,12H,10-11,13-15H2,1H3,(H,23,25). The predicted octanol–water partition coefficient (Wildman–Crippen LogP) is 1.85. The second-order valence-electron chi connectivity index (χ2n) is 6.90. The summed E-state index contributed by atoms with van der Waals surface area (Å²) < 4.78 is 0. The molecule has 27 heavy (non-hydrogen) atoms. The molecule has 6 nitrogen and oxygen atoms in total. The molecular formula is C21H23N3O3. The van der Waals surface area contributed by atoms with E-state index in [1.165, 1.54) is 4.90 Å². The Kier molecular flexibility index (Phi) is 5.64. The van der Waals surface area contributed by atoms with E-state index in [2.05, 4.69) is 10.3 Å². The van der Waals surface area contributed by atoms with Crippen molar-refractivity contribution in [2.75, 3.05) is 13.1 Å². The number of hydrogen-bond donors (Lipinski definition) is 1. The topological polar surface area (TPSA) is 79.4 Å². The van der Waals surface area contributed by atoms with Gasteiger partial charge in [-0.15, -0.1) is 0 Å². The molecule has 1 atom stereocenters. The quantitative estimate of drug-likeness (QED) is 0.760. The number of pyridine rings is 1. The summed E-state index contributed by atoms with van der Waals surface area (Å²) in [6.07, 6.45) is 2.59. The van der Waals surface area contributed by atoms with Gasteiger partial charge in [-0.25, -0.2) is 0 Å². The molecule has 0 bridgehead atoms. The zero-order valence-corrected chi connectivity index (χ0v) is 15.4. The van der Waals surface area contributed by atoms with E-state index in [1.54, 1.807) is 13.1 Å². The van der Waals surface area contributed by atoms with E-state index in [0.29, 0.717) is 13.0 Å². The van der Waals surface area contributed by atoms with E-state index in [1.807, 2.05) is 48.5 Å². The third kappa shape index (κ3) is 4.22. The maximum absolute atomic E-state index is 12.8. The van der Waals surface area contributed by atoms with Crippen molar-refractivity contribution in [1.29, 1.82) is 0 Å². The van der Waals surface area contributed by atoms with Crippen molar-refractivity contribution in [3.8, 4) is 0 Å². The Morgan fingerprint density at radius 2 is 1.89 bits per heavy atom. The van der Waals surface area contributed by atoms with E-state index in [4.69, 9.17) is 0 Å². The van der Waals surface area contributed by atoms with Crippen LogP contribution in [0.3, 0.4) is 0 Å². The fourth-order valence-corrected chi connectivity index (χ4v) is 3.32. The molecule has 1 aliphatic heterocycles. The molecule has 0 spiro atoms. The lowest BCUT2D eigenvalue weighted by Crippen LogP contribution is -2.39. The maximum atomic E-state index is 12.8. The summed E-state index contributed by atoms with van der Waals surface area (Å²) in [5.41, 5.74) is 0.875. The summed E-state index contributed by atoms with van der Waals surface area (Å²) in [5.74, 6) is -0.646. The van der Waals surface area contributed by atoms with E-state index >= 15 is 0 Å². The molecule has 0 saturated carbocycles. The Labute approximate surface area is 158 Å². The number of aromatic nitrogens is 1. The van der Waals surface area contributed by atoms with Crippen LogP contribution in [-0.4, -0.2) is 40.7 Å². The third-order valence-corrected chi connectivity index (χ3v) is 4.93. The van der Waals surface area contributed by atoms with Gasteiger partial charge in [-0.1, -0.05) is 36.4 Å². The van der Waals surface area contributed by atoms with Crippen LogP contribution < -0.4 is 5.32 Å². The van der Waals surface area contributed by atoms with Gasteiger partial charge in [-0.05, 0) is 24.6 Å². The highest BCUT2D eigenvalue weighted by Gasteiger charge is 2.48. The summed E-state index contributed by atoms with van der Waals surface area (Å²) in [5, 5.41) is 2.81. The number of nitrogens with one attached hydrogen (secondary N) is 1. The molecule has 1 saturated heterocycles. The van der Waals surface area contributed by atoms with Crippen molar-refractivity contribution in [3.63, 3.8) is 0 Å². The van der Waals surface area contributed by atoms with Gasteiger partial charge in [0.1, 0.15) is 0 Å². The number of imide groups is 1. The summed E-state index contributed by atoms with van der Waals surface area (Å²) in [6.45, 7) is 2.37. The second-order valence-corrected chi connectivity index (χ2v) is 6.90. The van der Waals surface area contributed by atoms with Gasteiger partial charge in [0.15, 0.2) is 0 Å². The minimum absolute atomic E-state index is 0.102. The van der Waals surface area contributed by atoms with Gasteiger partial charge in [0.25, 0.3) is 0 Å². The highest BCUT2D eigenvalue weighted by molar-refractivity contribution is 6.09. The first kappa shape index (κ1) is 18.8. The molecule has 1 fully saturated rings. The zero-order valence-electron chi connectivity index (χ0n) is 15.4. The van der Waals surface area contributed by atoms with Crippen LogP contribution in [-0.2, 0) is 26.2 Å². The van der Waals surface area contributed by atoms with Crippen LogP contribution in [0.15, 0.2) is 54.7 Å². The minimum atomic E-state index is -0.853. The van der Waals surface area contributed by atoms with Crippen molar-refractivity contribution >= 4 is 17.7 Å². The number of benzene rings is 1. The fraction of sp³-hybridized carbons (Fsp3) is 0.333. The highest BCUT2D eigenvalue weighted by atomic mass is 16.2. The van der Waals surface area contributed by atoms with Crippen molar-refractivity contribution in [2.45, 2.75) is 31.6 Å². The smallest absolute Gasteiger partial charge is 0.240 e. The molecular weight excluding hydrogens is 342 g/mol. The van der Waals surface area contributed by atoms with Crippen molar-refractivity contribution < 1.29 is 14.4 Å². The molecule has 3 amide bonds. The number of likely N-dealkylation sites (tertiary alicyclic amines) is 1. The average molecular weight is 365 g/mol. The lowest BCUT2D eigenvalue weighted by atomic mass is 9.81. The lowest BCUT2D eigenvalue weighted by molar-refractivity contribution is -0.140. The van der Waals surface area contributed by atoms with E-state index in [-0.39, 0.29) is 37.1 Å². The first-order valence-electron chi connectivity index (χ1n) is 9.07. The van der Waals surface area contributed by atoms with Crippen LogP contribution in [0.5, 0.6) is 0 Å². The Hall–Kier alpha value is -3.02. The molecule has 140 valence electrons. The third-order valence-electron chi connectivity index (χ3n) is 4.93. The van der Waals surface area contributed by atoms with E-state index in [9.17, 15) is 14.4 Å². The Morgan fingerprint density at radius 1 is 1.15 bits per heavy atom. The molecule has 1 unspecified atom stereocenters. The van der Waals surface area contributed by atoms with Crippen molar-refractivity contribution in [2.24, 2.45) is 0 Å². The van der Waals surface area contributed by atoms with Crippen molar-refractivity contribution in [1.82, 2.24) is 15.2 Å². The molecule has 0 radical (unpaired) electrons. The number of rotatable bonds is 7. The van der Waals surface area contributed by atoms with Gasteiger partial charge in [-0.2, -0.15) is 0 Å². The van der Waals surface area contributed by atoms with Crippen LogP contribution in [0.4, 0.5) is 0 Å². The van der Waals surface area contributed by atoms with Gasteiger partial charge in [-0.3, -0.25) is 24.3 Å². The summed E-state index contributed by atoms with van der Waals surface area (Å²) >= 11 is 0. The van der Waals surface area contributed by atoms with Gasteiger partial charge < -0.3 is 5.32 Å². The van der Waals surface area contributed by atoms with E-state index < -0.39 is 5.41 Å². The van der Waals surface area contributed by atoms with Crippen LogP contribution in [0, 0.1) is 0 Å². The number of carbonyl (C=O) groups excluding carboxylic acids is 3. The summed E-state index contributed by atoms with van der Waals surface area (Å²) in [6, 6.07) is 15.0. The van der Waals surface area contributed by atoms with E-state index in [0.717, 1.165) is 11.3 Å². The van der Waals surface area contributed by atoms with Crippen LogP contribution in [0.2, 0.25) is 0 Å². The normalized spacial score (nSPS) is 19.4. The monoisotopic (exact) mass is 365 g/mol.